The smallest absolute Gasteiger partial charge is 0.306 e. The number of rotatable bonds is 62. The highest BCUT2D eigenvalue weighted by atomic mass is 16.6. The van der Waals surface area contributed by atoms with E-state index in [0.717, 1.165) is 116 Å². The molecule has 0 aliphatic carbocycles. The lowest BCUT2D eigenvalue weighted by atomic mass is 10.0. The van der Waals surface area contributed by atoms with E-state index in [1.54, 1.807) is 0 Å². The van der Waals surface area contributed by atoms with E-state index in [4.69, 9.17) is 14.2 Å². The summed E-state index contributed by atoms with van der Waals surface area (Å²) in [6.45, 7) is 6.53. The Morgan fingerprint density at radius 2 is 0.487 bits per heavy atom. The molecule has 0 radical (unpaired) electrons. The molecule has 0 aromatic rings. The van der Waals surface area contributed by atoms with Crippen molar-refractivity contribution in [1.29, 1.82) is 0 Å². The van der Waals surface area contributed by atoms with Gasteiger partial charge in [-0.2, -0.15) is 0 Å². The SMILES string of the molecule is CC/C=C\C/C=C\C/C=C\C/C=C\C/C=C\CCCCCCCCCCCCCC(=O)OCC(COC(=O)CCCCCCCCCCCCCCCCCC)OC(=O)CCCCCCCC/C=C\C/C=C\C/C=C\CCCCC. The van der Waals surface area contributed by atoms with Crippen molar-refractivity contribution in [2.24, 2.45) is 0 Å². The molecular formula is C74H128O6. The minimum Gasteiger partial charge on any atom is -0.462 e. The van der Waals surface area contributed by atoms with Gasteiger partial charge in [0.25, 0.3) is 0 Å². The van der Waals surface area contributed by atoms with Crippen LogP contribution >= 0.6 is 0 Å². The van der Waals surface area contributed by atoms with Gasteiger partial charge in [-0.05, 0) is 103 Å². The van der Waals surface area contributed by atoms with Crippen LogP contribution in [0.2, 0.25) is 0 Å². The zero-order valence-electron chi connectivity index (χ0n) is 52.8. The number of allylic oxidation sites excluding steroid dienone is 16. The van der Waals surface area contributed by atoms with Crippen molar-refractivity contribution in [3.8, 4) is 0 Å². The molecule has 80 heavy (non-hydrogen) atoms. The van der Waals surface area contributed by atoms with Crippen LogP contribution in [0.3, 0.4) is 0 Å². The molecule has 0 aliphatic rings. The molecule has 0 aliphatic heterocycles. The van der Waals surface area contributed by atoms with Crippen molar-refractivity contribution in [3.63, 3.8) is 0 Å². The summed E-state index contributed by atoms with van der Waals surface area (Å²) in [6, 6.07) is 0. The van der Waals surface area contributed by atoms with E-state index in [1.807, 2.05) is 0 Å². The highest BCUT2D eigenvalue weighted by Crippen LogP contribution is 2.17. The molecule has 0 saturated carbocycles. The Morgan fingerprint density at radius 1 is 0.263 bits per heavy atom. The first-order chi connectivity index (χ1) is 39.5. The van der Waals surface area contributed by atoms with E-state index in [-0.39, 0.29) is 31.1 Å². The summed E-state index contributed by atoms with van der Waals surface area (Å²) in [7, 11) is 0. The van der Waals surface area contributed by atoms with E-state index < -0.39 is 6.10 Å². The van der Waals surface area contributed by atoms with Gasteiger partial charge in [0, 0.05) is 19.3 Å². The van der Waals surface area contributed by atoms with Crippen LogP contribution in [0.5, 0.6) is 0 Å². The maximum atomic E-state index is 12.9. The molecule has 0 rings (SSSR count). The summed E-state index contributed by atoms with van der Waals surface area (Å²) in [5, 5.41) is 0. The van der Waals surface area contributed by atoms with Gasteiger partial charge in [0.1, 0.15) is 13.2 Å². The van der Waals surface area contributed by atoms with E-state index in [9.17, 15) is 14.4 Å². The first kappa shape index (κ1) is 76.3. The lowest BCUT2D eigenvalue weighted by molar-refractivity contribution is -0.167. The van der Waals surface area contributed by atoms with Crippen molar-refractivity contribution in [3.05, 3.63) is 97.2 Å². The summed E-state index contributed by atoms with van der Waals surface area (Å²) < 4.78 is 17.0. The fourth-order valence-corrected chi connectivity index (χ4v) is 9.71. The maximum absolute atomic E-state index is 12.9. The lowest BCUT2D eigenvalue weighted by Gasteiger charge is -2.18. The normalized spacial score (nSPS) is 12.7. The Morgan fingerprint density at radius 3 is 0.787 bits per heavy atom. The zero-order chi connectivity index (χ0) is 57.8. The highest BCUT2D eigenvalue weighted by Gasteiger charge is 2.19. The molecule has 0 N–H and O–H groups in total. The van der Waals surface area contributed by atoms with Crippen LogP contribution < -0.4 is 0 Å². The third-order valence-electron chi connectivity index (χ3n) is 14.8. The Balaban J connectivity index is 4.35. The van der Waals surface area contributed by atoms with Crippen molar-refractivity contribution in [2.45, 2.75) is 341 Å². The van der Waals surface area contributed by atoms with Crippen molar-refractivity contribution < 1.29 is 28.6 Å². The average Bonchev–Trinajstić information content (AvgIpc) is 3.46. The fraction of sp³-hybridized carbons (Fsp3) is 0.743. The number of ether oxygens (including phenoxy) is 3. The van der Waals surface area contributed by atoms with Crippen molar-refractivity contribution in [1.82, 2.24) is 0 Å². The topological polar surface area (TPSA) is 78.9 Å². The second-order valence-corrected chi connectivity index (χ2v) is 22.7. The van der Waals surface area contributed by atoms with Gasteiger partial charge < -0.3 is 14.2 Å². The Hall–Kier alpha value is -3.67. The highest BCUT2D eigenvalue weighted by molar-refractivity contribution is 5.71. The van der Waals surface area contributed by atoms with Gasteiger partial charge in [-0.3, -0.25) is 14.4 Å². The molecule has 0 bridgehead atoms. The molecule has 0 aromatic carbocycles. The molecular weight excluding hydrogens is 985 g/mol. The van der Waals surface area contributed by atoms with E-state index in [0.29, 0.717) is 19.3 Å². The van der Waals surface area contributed by atoms with Crippen molar-refractivity contribution in [2.75, 3.05) is 13.2 Å². The van der Waals surface area contributed by atoms with Gasteiger partial charge in [-0.25, -0.2) is 0 Å². The summed E-state index contributed by atoms with van der Waals surface area (Å²) in [5.41, 5.74) is 0. The van der Waals surface area contributed by atoms with Crippen LogP contribution in [-0.2, 0) is 28.6 Å². The minimum atomic E-state index is -0.786. The molecule has 6 heteroatoms. The van der Waals surface area contributed by atoms with Crippen LogP contribution in [0.25, 0.3) is 0 Å². The second kappa shape index (κ2) is 67.8. The van der Waals surface area contributed by atoms with Gasteiger partial charge in [-0.1, -0.05) is 311 Å². The third kappa shape index (κ3) is 65.1. The van der Waals surface area contributed by atoms with Gasteiger partial charge in [0.2, 0.25) is 0 Å². The molecule has 0 heterocycles. The zero-order valence-corrected chi connectivity index (χ0v) is 52.8. The molecule has 0 aromatic heterocycles. The Kier molecular flexibility index (Phi) is 64.7. The molecule has 0 saturated heterocycles. The van der Waals surface area contributed by atoms with E-state index in [1.165, 1.54) is 180 Å². The molecule has 0 fully saturated rings. The van der Waals surface area contributed by atoms with Crippen LogP contribution in [0.4, 0.5) is 0 Å². The average molecular weight is 1110 g/mol. The second-order valence-electron chi connectivity index (χ2n) is 22.7. The standard InChI is InChI=1S/C74H128O6/c1-4-7-10-13-16-19-22-25-28-31-33-34-35-36-37-38-39-40-42-43-46-49-52-55-58-61-64-67-73(76)79-70-71(69-78-72(75)66-63-60-57-54-51-48-45-30-27-24-21-18-15-12-9-6-3)80-74(77)68-65-62-59-56-53-50-47-44-41-32-29-26-23-20-17-14-11-8-5-2/h7,10,16-17,19-20,25-26,28-29,33-34,36-37,41,44,71H,4-6,8-9,11-15,18,21-24,27,30-32,35,38-40,42-43,45-70H2,1-3H3/b10-7-,19-16-,20-17-,28-25-,29-26-,34-33-,37-36-,44-41-. The van der Waals surface area contributed by atoms with Gasteiger partial charge in [-0.15, -0.1) is 0 Å². The minimum absolute atomic E-state index is 0.0803. The number of esters is 3. The number of hydrogen-bond donors (Lipinski definition) is 0. The number of carbonyl (C=O) groups excluding carboxylic acids is 3. The molecule has 1 atom stereocenters. The van der Waals surface area contributed by atoms with Crippen molar-refractivity contribution >= 4 is 17.9 Å². The molecule has 1 unspecified atom stereocenters. The van der Waals surface area contributed by atoms with Crippen LogP contribution in [-0.4, -0.2) is 37.2 Å². The van der Waals surface area contributed by atoms with E-state index in [2.05, 4.69) is 118 Å². The summed E-state index contributed by atoms with van der Waals surface area (Å²) in [4.78, 5) is 38.4. The number of carbonyl (C=O) groups is 3. The Labute approximate surface area is 496 Å². The third-order valence-corrected chi connectivity index (χ3v) is 14.8. The molecule has 0 spiro atoms. The number of unbranched alkanes of at least 4 members (excludes halogenated alkanes) is 35. The number of hydrogen-bond acceptors (Lipinski definition) is 6. The summed E-state index contributed by atoms with van der Waals surface area (Å²) in [5.74, 6) is -0.880. The van der Waals surface area contributed by atoms with Gasteiger partial charge in [0.05, 0.1) is 0 Å². The predicted molar refractivity (Wildman–Crippen MR) is 348 cm³/mol. The van der Waals surface area contributed by atoms with Crippen LogP contribution in [0.1, 0.15) is 335 Å². The van der Waals surface area contributed by atoms with Gasteiger partial charge >= 0.3 is 17.9 Å². The fourth-order valence-electron chi connectivity index (χ4n) is 9.71. The molecule has 0 amide bonds. The monoisotopic (exact) mass is 1110 g/mol. The van der Waals surface area contributed by atoms with Crippen LogP contribution in [0, 0.1) is 0 Å². The maximum Gasteiger partial charge on any atom is 0.306 e. The largest absolute Gasteiger partial charge is 0.462 e. The summed E-state index contributed by atoms with van der Waals surface area (Å²) in [6.07, 6.45) is 91.3. The Bertz CT molecular complexity index is 1560. The van der Waals surface area contributed by atoms with Crippen LogP contribution in [0.15, 0.2) is 97.2 Å². The predicted octanol–water partition coefficient (Wildman–Crippen LogP) is 23.6. The summed E-state index contributed by atoms with van der Waals surface area (Å²) >= 11 is 0. The van der Waals surface area contributed by atoms with E-state index >= 15 is 0 Å². The lowest BCUT2D eigenvalue weighted by Crippen LogP contribution is -2.30. The first-order valence-corrected chi connectivity index (χ1v) is 34.2. The molecule has 6 nitrogen and oxygen atoms in total. The first-order valence-electron chi connectivity index (χ1n) is 34.2. The quantitative estimate of drug-likeness (QED) is 0.0261. The van der Waals surface area contributed by atoms with Gasteiger partial charge in [0.15, 0.2) is 6.10 Å². The molecule has 460 valence electrons.